The number of phenolic OH excluding ortho intramolecular Hbond substituents is 3. The molecule has 1 aliphatic rings. The van der Waals surface area contributed by atoms with E-state index in [4.69, 9.17) is 0 Å². The molecule has 0 aliphatic heterocycles. The molecule has 3 N–H and O–H groups in total. The third kappa shape index (κ3) is 4.05. The first-order valence-electron chi connectivity index (χ1n) is 6.48. The van der Waals surface area contributed by atoms with Gasteiger partial charge in [0, 0.05) is 23.6 Å². The second-order valence-corrected chi connectivity index (χ2v) is 4.82. The summed E-state index contributed by atoms with van der Waals surface area (Å²) in [6, 6.07) is 2.54. The van der Waals surface area contributed by atoms with Crippen LogP contribution >= 0.6 is 0 Å². The van der Waals surface area contributed by atoms with Crippen LogP contribution in [0.1, 0.15) is 44.6 Å². The number of phenols is 3. The van der Waals surface area contributed by atoms with Gasteiger partial charge in [-0.2, -0.15) is 0 Å². The Hall–Kier alpha value is -1.90. The van der Waals surface area contributed by atoms with Gasteiger partial charge in [0.05, 0.1) is 0 Å². The van der Waals surface area contributed by atoms with Crippen molar-refractivity contribution in [2.24, 2.45) is 0 Å². The fourth-order valence-electron chi connectivity index (χ4n) is 2.33. The molecule has 0 amide bonds. The summed E-state index contributed by atoms with van der Waals surface area (Å²) in [5, 5.41) is 28.8. The third-order valence-electron chi connectivity index (χ3n) is 3.06. The van der Waals surface area contributed by atoms with Crippen LogP contribution in [0, 0.1) is 0 Å². The van der Waals surface area contributed by atoms with Crippen molar-refractivity contribution in [2.75, 3.05) is 0 Å². The normalized spacial score (nSPS) is 18.0. The van der Waals surface area contributed by atoms with E-state index < -0.39 is 0 Å². The van der Waals surface area contributed by atoms with Crippen LogP contribution in [0.5, 0.6) is 17.2 Å². The van der Waals surface area contributed by atoms with E-state index in [0.29, 0.717) is 5.56 Å². The number of allylic oxidation sites excluding steroid dienone is 3. The Morgan fingerprint density at radius 1 is 1.21 bits per heavy atom. The Bertz CT molecular complexity index is 452. The Morgan fingerprint density at radius 3 is 2.21 bits per heavy atom. The van der Waals surface area contributed by atoms with E-state index in [1.54, 1.807) is 6.08 Å². The summed E-state index contributed by atoms with van der Waals surface area (Å²) in [5.41, 5.74) is 1.81. The number of aromatic hydroxyl groups is 3. The molecule has 0 radical (unpaired) electrons. The minimum absolute atomic E-state index is 0.0338. The molecule has 0 saturated carbocycles. The molecule has 0 unspecified atom stereocenters. The number of benzene rings is 1. The van der Waals surface area contributed by atoms with Crippen LogP contribution in [0.3, 0.4) is 0 Å². The highest BCUT2D eigenvalue weighted by atomic mass is 16.3. The maximum absolute atomic E-state index is 9.76. The highest BCUT2D eigenvalue weighted by molar-refractivity contribution is 5.52. The number of hydrogen-bond donors (Lipinski definition) is 3. The van der Waals surface area contributed by atoms with Gasteiger partial charge in [0.1, 0.15) is 17.2 Å². The Kier molecular flexibility index (Phi) is 5.49. The predicted octanol–water partition coefficient (Wildman–Crippen LogP) is 4.21. The van der Waals surface area contributed by atoms with Crippen molar-refractivity contribution in [1.82, 2.24) is 0 Å². The molecule has 1 aromatic carbocycles. The van der Waals surface area contributed by atoms with Crippen molar-refractivity contribution in [1.29, 1.82) is 0 Å². The molecule has 0 spiro atoms. The van der Waals surface area contributed by atoms with Gasteiger partial charge in [0.25, 0.3) is 0 Å². The van der Waals surface area contributed by atoms with E-state index in [1.165, 1.54) is 17.7 Å². The average Bonchev–Trinajstić information content (AvgIpc) is 2.28. The van der Waals surface area contributed by atoms with Crippen LogP contribution < -0.4 is 0 Å². The molecule has 3 heteroatoms. The van der Waals surface area contributed by atoms with Gasteiger partial charge in [-0.15, -0.1) is 6.58 Å². The first-order chi connectivity index (χ1) is 8.99. The van der Waals surface area contributed by atoms with Crippen LogP contribution in [-0.2, 0) is 0 Å². The predicted molar refractivity (Wildman–Crippen MR) is 77.7 cm³/mol. The third-order valence-corrected chi connectivity index (χ3v) is 3.06. The summed E-state index contributed by atoms with van der Waals surface area (Å²) >= 11 is 0. The summed E-state index contributed by atoms with van der Waals surface area (Å²) in [6.07, 6.45) is 6.89. The molecule has 1 atom stereocenters. The molecular weight excluding hydrogens is 240 g/mol. The minimum Gasteiger partial charge on any atom is -0.508 e. The molecule has 0 bridgehead atoms. The molecule has 0 aromatic heterocycles. The van der Waals surface area contributed by atoms with Gasteiger partial charge in [-0.25, -0.2) is 0 Å². The molecule has 104 valence electrons. The smallest absolute Gasteiger partial charge is 0.126 e. The van der Waals surface area contributed by atoms with Crippen molar-refractivity contribution in [3.63, 3.8) is 0 Å². The number of hydrogen-bond acceptors (Lipinski definition) is 3. The Labute approximate surface area is 114 Å². The highest BCUT2D eigenvalue weighted by Gasteiger charge is 2.21. The van der Waals surface area contributed by atoms with Crippen molar-refractivity contribution >= 4 is 0 Å². The molecule has 1 aromatic rings. The molecule has 0 heterocycles. The Morgan fingerprint density at radius 2 is 1.74 bits per heavy atom. The van der Waals surface area contributed by atoms with Gasteiger partial charge in [-0.1, -0.05) is 17.7 Å². The summed E-state index contributed by atoms with van der Waals surface area (Å²) in [5.74, 6) is -0.133. The zero-order valence-electron chi connectivity index (χ0n) is 11.6. The van der Waals surface area contributed by atoms with Crippen LogP contribution in [0.15, 0.2) is 36.4 Å². The molecule has 19 heavy (non-hydrogen) atoms. The maximum atomic E-state index is 9.76. The number of rotatable bonds is 1. The quantitative estimate of drug-likeness (QED) is 0.664. The summed E-state index contributed by atoms with van der Waals surface area (Å²) in [4.78, 5) is 0. The highest BCUT2D eigenvalue weighted by Crippen LogP contribution is 2.42. The van der Waals surface area contributed by atoms with E-state index in [0.717, 1.165) is 19.3 Å². The van der Waals surface area contributed by atoms with Crippen LogP contribution in [0.25, 0.3) is 0 Å². The van der Waals surface area contributed by atoms with E-state index >= 15 is 0 Å². The van der Waals surface area contributed by atoms with Gasteiger partial charge < -0.3 is 15.3 Å². The first-order valence-corrected chi connectivity index (χ1v) is 6.48. The monoisotopic (exact) mass is 262 g/mol. The maximum Gasteiger partial charge on any atom is 0.126 e. The lowest BCUT2D eigenvalue weighted by atomic mass is 9.85. The standard InChI is InChI=1S/C13H16O3.C3H6/c1-8-3-2-4-9(5-8)13-11(15)6-10(14)7-12(13)16;1-3-2/h5-7,9,14-16H,2-4H2,1H3;3H,1H2,2H3/t9-;/m0./s1. The largest absolute Gasteiger partial charge is 0.508 e. The van der Waals surface area contributed by atoms with Gasteiger partial charge in [-0.05, 0) is 33.1 Å². The lowest BCUT2D eigenvalue weighted by Gasteiger charge is -2.21. The SMILES string of the molecule is C=CC.CC1=C[C@@H](c2c(O)cc(O)cc2O)CCC1. The molecular formula is C16H22O3. The van der Waals surface area contributed by atoms with E-state index in [2.05, 4.69) is 19.6 Å². The second-order valence-electron chi connectivity index (χ2n) is 4.82. The molecule has 3 nitrogen and oxygen atoms in total. The Balaban J connectivity index is 0.000000550. The van der Waals surface area contributed by atoms with E-state index in [1.807, 2.05) is 6.92 Å². The van der Waals surface area contributed by atoms with Gasteiger partial charge in [0.15, 0.2) is 0 Å². The van der Waals surface area contributed by atoms with E-state index in [-0.39, 0.29) is 23.2 Å². The average molecular weight is 262 g/mol. The zero-order valence-corrected chi connectivity index (χ0v) is 11.6. The van der Waals surface area contributed by atoms with Crippen molar-refractivity contribution in [3.8, 4) is 17.2 Å². The summed E-state index contributed by atoms with van der Waals surface area (Å²) in [6.45, 7) is 7.31. The summed E-state index contributed by atoms with van der Waals surface area (Å²) in [7, 11) is 0. The summed E-state index contributed by atoms with van der Waals surface area (Å²) < 4.78 is 0. The van der Waals surface area contributed by atoms with Crippen molar-refractivity contribution in [3.05, 3.63) is 42.0 Å². The van der Waals surface area contributed by atoms with Crippen LogP contribution in [0.2, 0.25) is 0 Å². The lowest BCUT2D eigenvalue weighted by Crippen LogP contribution is -2.02. The molecule has 0 fully saturated rings. The second kappa shape index (κ2) is 6.88. The fraction of sp³-hybridized carbons (Fsp3) is 0.375. The molecule has 2 rings (SSSR count). The van der Waals surface area contributed by atoms with Crippen LogP contribution in [-0.4, -0.2) is 15.3 Å². The van der Waals surface area contributed by atoms with Gasteiger partial charge >= 0.3 is 0 Å². The van der Waals surface area contributed by atoms with E-state index in [9.17, 15) is 15.3 Å². The first kappa shape index (κ1) is 15.2. The topological polar surface area (TPSA) is 60.7 Å². The molecule has 0 saturated heterocycles. The van der Waals surface area contributed by atoms with Gasteiger partial charge in [-0.3, -0.25) is 0 Å². The molecule has 1 aliphatic carbocycles. The minimum atomic E-state index is -0.115. The zero-order chi connectivity index (χ0) is 14.4. The van der Waals surface area contributed by atoms with Gasteiger partial charge in [0.2, 0.25) is 0 Å². The van der Waals surface area contributed by atoms with Crippen molar-refractivity contribution in [2.45, 2.75) is 39.0 Å². The van der Waals surface area contributed by atoms with Crippen LogP contribution in [0.4, 0.5) is 0 Å². The van der Waals surface area contributed by atoms with Crippen molar-refractivity contribution < 1.29 is 15.3 Å². The lowest BCUT2D eigenvalue weighted by molar-refractivity contribution is 0.412. The fourth-order valence-corrected chi connectivity index (χ4v) is 2.33.